The van der Waals surface area contributed by atoms with Gasteiger partial charge in [0.25, 0.3) is 0 Å². The zero-order valence-electron chi connectivity index (χ0n) is 12.0. The van der Waals surface area contributed by atoms with Gasteiger partial charge in [0, 0.05) is 11.5 Å². The van der Waals surface area contributed by atoms with Crippen molar-refractivity contribution < 1.29 is 8.42 Å². The first-order valence-corrected chi connectivity index (χ1v) is 8.16. The molecule has 1 atom stereocenters. The van der Waals surface area contributed by atoms with Crippen LogP contribution >= 0.6 is 0 Å². The van der Waals surface area contributed by atoms with Crippen molar-refractivity contribution in [3.63, 3.8) is 0 Å². The normalized spacial score (nSPS) is 12.4. The van der Waals surface area contributed by atoms with Gasteiger partial charge in [-0.25, -0.2) is 13.1 Å². The molecule has 6 nitrogen and oxygen atoms in total. The summed E-state index contributed by atoms with van der Waals surface area (Å²) in [4.78, 5) is 2.89. The number of azide groups is 1. The molecule has 0 saturated heterocycles. The third-order valence-corrected chi connectivity index (χ3v) is 4.65. The van der Waals surface area contributed by atoms with Gasteiger partial charge in [0.2, 0.25) is 10.0 Å². The SMILES string of the molecule is Cc1ccc(S(=O)(=O)NC(CN=[N+]=[N-])c2ccccc2)cc1. The maximum Gasteiger partial charge on any atom is 0.241 e. The molecule has 0 aliphatic rings. The van der Waals surface area contributed by atoms with Crippen LogP contribution < -0.4 is 4.72 Å². The van der Waals surface area contributed by atoms with Gasteiger partial charge in [0.15, 0.2) is 0 Å². The van der Waals surface area contributed by atoms with Crippen LogP contribution in [-0.2, 0) is 10.0 Å². The standard InChI is InChI=1S/C15H16N4O2S/c1-12-7-9-14(10-8-12)22(20,21)18-15(11-17-19-16)13-5-3-2-4-6-13/h2-10,15,18H,11H2,1H3. The summed E-state index contributed by atoms with van der Waals surface area (Å²) in [5, 5.41) is 3.49. The summed E-state index contributed by atoms with van der Waals surface area (Å²) in [6.07, 6.45) is 0. The number of hydrogen-bond acceptors (Lipinski definition) is 3. The van der Waals surface area contributed by atoms with Gasteiger partial charge < -0.3 is 0 Å². The number of rotatable bonds is 6. The second kappa shape index (κ2) is 7.09. The van der Waals surface area contributed by atoms with Crippen molar-refractivity contribution in [2.24, 2.45) is 5.11 Å². The molecule has 0 spiro atoms. The van der Waals surface area contributed by atoms with Crippen LogP contribution in [0.15, 0.2) is 64.6 Å². The van der Waals surface area contributed by atoms with Crippen molar-refractivity contribution >= 4 is 10.0 Å². The summed E-state index contributed by atoms with van der Waals surface area (Å²) in [6.45, 7) is 1.89. The van der Waals surface area contributed by atoms with E-state index in [2.05, 4.69) is 14.7 Å². The van der Waals surface area contributed by atoms with Gasteiger partial charge in [0.1, 0.15) is 0 Å². The van der Waals surface area contributed by atoms with E-state index in [9.17, 15) is 8.42 Å². The number of benzene rings is 2. The molecule has 2 rings (SSSR count). The number of hydrogen-bond donors (Lipinski definition) is 1. The van der Waals surface area contributed by atoms with E-state index in [1.807, 2.05) is 13.0 Å². The van der Waals surface area contributed by atoms with E-state index in [1.54, 1.807) is 48.5 Å². The fourth-order valence-corrected chi connectivity index (χ4v) is 3.20. The smallest absolute Gasteiger partial charge is 0.207 e. The molecule has 1 unspecified atom stereocenters. The highest BCUT2D eigenvalue weighted by Crippen LogP contribution is 2.18. The second-order valence-electron chi connectivity index (χ2n) is 4.81. The largest absolute Gasteiger partial charge is 0.241 e. The third-order valence-electron chi connectivity index (χ3n) is 3.16. The molecule has 0 aromatic heterocycles. The Bertz CT molecular complexity index is 767. The Morgan fingerprint density at radius 1 is 1.14 bits per heavy atom. The monoisotopic (exact) mass is 316 g/mol. The number of sulfonamides is 1. The fraction of sp³-hybridized carbons (Fsp3) is 0.200. The number of aryl methyl sites for hydroxylation is 1. The molecule has 2 aromatic rings. The molecular formula is C15H16N4O2S. The van der Waals surface area contributed by atoms with Crippen LogP contribution in [0.1, 0.15) is 17.2 Å². The highest BCUT2D eigenvalue weighted by Gasteiger charge is 2.20. The lowest BCUT2D eigenvalue weighted by Gasteiger charge is -2.17. The minimum Gasteiger partial charge on any atom is -0.207 e. The zero-order chi connectivity index (χ0) is 16.0. The third kappa shape index (κ3) is 4.08. The highest BCUT2D eigenvalue weighted by atomic mass is 32.2. The van der Waals surface area contributed by atoms with Crippen molar-refractivity contribution in [2.75, 3.05) is 6.54 Å². The molecule has 7 heteroatoms. The molecule has 0 heterocycles. The molecule has 0 saturated carbocycles. The predicted octanol–water partition coefficient (Wildman–Crippen LogP) is 3.32. The molecular weight excluding hydrogens is 300 g/mol. The molecule has 1 N–H and O–H groups in total. The number of nitrogens with one attached hydrogen (secondary N) is 1. The Morgan fingerprint density at radius 3 is 2.36 bits per heavy atom. The van der Waals surface area contributed by atoms with E-state index < -0.39 is 16.1 Å². The van der Waals surface area contributed by atoms with Crippen molar-refractivity contribution in [1.29, 1.82) is 0 Å². The van der Waals surface area contributed by atoms with Gasteiger partial charge in [-0.3, -0.25) is 0 Å². The Balaban J connectivity index is 2.29. The van der Waals surface area contributed by atoms with Crippen LogP contribution in [0.3, 0.4) is 0 Å². The zero-order valence-corrected chi connectivity index (χ0v) is 12.9. The Kier molecular flexibility index (Phi) is 5.16. The van der Waals surface area contributed by atoms with Crippen molar-refractivity contribution in [3.05, 3.63) is 76.2 Å². The fourth-order valence-electron chi connectivity index (χ4n) is 1.99. The Labute approximate surface area is 129 Å². The first-order valence-electron chi connectivity index (χ1n) is 6.68. The minimum absolute atomic E-state index is 0.00556. The first kappa shape index (κ1) is 16.0. The van der Waals surface area contributed by atoms with Crippen molar-refractivity contribution in [3.8, 4) is 0 Å². The average Bonchev–Trinajstić information content (AvgIpc) is 2.52. The van der Waals surface area contributed by atoms with Crippen LogP contribution in [0.4, 0.5) is 0 Å². The molecule has 22 heavy (non-hydrogen) atoms. The first-order chi connectivity index (χ1) is 10.5. The Hall–Kier alpha value is -2.34. The van der Waals surface area contributed by atoms with Crippen LogP contribution in [0.2, 0.25) is 0 Å². The summed E-state index contributed by atoms with van der Waals surface area (Å²) in [5.74, 6) is 0. The van der Waals surface area contributed by atoms with Gasteiger partial charge >= 0.3 is 0 Å². The summed E-state index contributed by atoms with van der Waals surface area (Å²) in [7, 11) is -3.69. The molecule has 0 aliphatic heterocycles. The average molecular weight is 316 g/mol. The molecule has 0 radical (unpaired) electrons. The van der Waals surface area contributed by atoms with E-state index in [0.29, 0.717) is 0 Å². The van der Waals surface area contributed by atoms with Crippen LogP contribution in [-0.4, -0.2) is 15.0 Å². The summed E-state index contributed by atoms with van der Waals surface area (Å²) >= 11 is 0. The quantitative estimate of drug-likeness (QED) is 0.502. The molecule has 0 fully saturated rings. The topological polar surface area (TPSA) is 94.9 Å². The number of nitrogens with zero attached hydrogens (tertiary/aromatic N) is 3. The minimum atomic E-state index is -3.69. The van der Waals surface area contributed by atoms with Gasteiger partial charge in [0.05, 0.1) is 10.9 Å². The van der Waals surface area contributed by atoms with E-state index >= 15 is 0 Å². The van der Waals surface area contributed by atoms with E-state index in [-0.39, 0.29) is 11.4 Å². The van der Waals surface area contributed by atoms with Crippen molar-refractivity contribution in [2.45, 2.75) is 17.9 Å². The van der Waals surface area contributed by atoms with Crippen molar-refractivity contribution in [1.82, 2.24) is 4.72 Å². The van der Waals surface area contributed by atoms with Crippen LogP contribution in [0, 0.1) is 6.92 Å². The van der Waals surface area contributed by atoms with Crippen LogP contribution in [0.25, 0.3) is 10.4 Å². The highest BCUT2D eigenvalue weighted by molar-refractivity contribution is 7.89. The maximum atomic E-state index is 12.4. The van der Waals surface area contributed by atoms with Gasteiger partial charge in [-0.05, 0) is 30.2 Å². The van der Waals surface area contributed by atoms with Gasteiger partial charge in [-0.2, -0.15) is 0 Å². The lowest BCUT2D eigenvalue weighted by Crippen LogP contribution is -2.30. The van der Waals surface area contributed by atoms with E-state index in [0.717, 1.165) is 11.1 Å². The molecule has 114 valence electrons. The summed E-state index contributed by atoms with van der Waals surface area (Å²) < 4.78 is 27.5. The molecule has 0 aliphatic carbocycles. The van der Waals surface area contributed by atoms with Crippen LogP contribution in [0.5, 0.6) is 0 Å². The van der Waals surface area contributed by atoms with E-state index in [1.165, 1.54) is 0 Å². The predicted molar refractivity (Wildman–Crippen MR) is 84.7 cm³/mol. The summed E-state index contributed by atoms with van der Waals surface area (Å²) in [5.41, 5.74) is 10.2. The molecule has 0 amide bonds. The van der Waals surface area contributed by atoms with E-state index in [4.69, 9.17) is 5.53 Å². The van der Waals surface area contributed by atoms with Gasteiger partial charge in [-0.1, -0.05) is 53.1 Å². The van der Waals surface area contributed by atoms with Gasteiger partial charge in [-0.15, -0.1) is 0 Å². The molecule has 0 bridgehead atoms. The summed E-state index contributed by atoms with van der Waals surface area (Å²) in [6, 6.07) is 15.0. The Morgan fingerprint density at radius 2 is 1.77 bits per heavy atom. The lowest BCUT2D eigenvalue weighted by atomic mass is 10.1. The molecule has 2 aromatic carbocycles. The maximum absolute atomic E-state index is 12.4. The second-order valence-corrected chi connectivity index (χ2v) is 6.53. The lowest BCUT2D eigenvalue weighted by molar-refractivity contribution is 0.558.